The van der Waals surface area contributed by atoms with Gasteiger partial charge in [0.2, 0.25) is 0 Å². The first-order valence-electron chi connectivity index (χ1n) is 12.8. The number of carbonyl (C=O) groups excluding carboxylic acids is 1. The maximum atomic E-state index is 14.0. The molecule has 4 aromatic rings. The Labute approximate surface area is 257 Å². The lowest BCUT2D eigenvalue weighted by Crippen LogP contribution is -2.40. The van der Waals surface area contributed by atoms with E-state index in [1.165, 1.54) is 34.8 Å². The minimum atomic E-state index is -0.868. The number of rotatable bonds is 8. The van der Waals surface area contributed by atoms with Crippen molar-refractivity contribution in [2.45, 2.75) is 50.1 Å². The van der Waals surface area contributed by atoms with E-state index in [-0.39, 0.29) is 17.2 Å². The fourth-order valence-corrected chi connectivity index (χ4v) is 6.74. The SMILES string of the molecule is COc1ccc(OC)c([C@H]2C(C(=O)OC(C)C)=C(C)N=c3s/c(=C\c4cc(Br)c(Sc5nccc(C)n5)o4)c(=O)n32)c1. The third-order valence-electron chi connectivity index (χ3n) is 6.22. The zero-order valence-corrected chi connectivity index (χ0v) is 26.8. The fourth-order valence-electron chi connectivity index (χ4n) is 4.40. The van der Waals surface area contributed by atoms with Gasteiger partial charge in [-0.2, -0.15) is 0 Å². The third kappa shape index (κ3) is 5.94. The van der Waals surface area contributed by atoms with Crippen LogP contribution in [-0.2, 0) is 9.53 Å². The largest absolute Gasteiger partial charge is 0.497 e. The number of allylic oxidation sites excluding steroid dienone is 1. The van der Waals surface area contributed by atoms with Gasteiger partial charge in [0, 0.05) is 23.5 Å². The van der Waals surface area contributed by atoms with E-state index in [9.17, 15) is 9.59 Å². The number of nitrogens with zero attached hydrogens (tertiary/aromatic N) is 4. The van der Waals surface area contributed by atoms with Crippen LogP contribution in [0.2, 0.25) is 0 Å². The molecule has 0 unspecified atom stereocenters. The normalized spacial score (nSPS) is 15.0. The highest BCUT2D eigenvalue weighted by Crippen LogP contribution is 2.38. The van der Waals surface area contributed by atoms with Crippen LogP contribution in [0.25, 0.3) is 6.08 Å². The van der Waals surface area contributed by atoms with Crippen molar-refractivity contribution in [3.63, 3.8) is 0 Å². The van der Waals surface area contributed by atoms with Gasteiger partial charge in [0.1, 0.15) is 23.3 Å². The number of aryl methyl sites for hydroxylation is 1. The number of methoxy groups -OCH3 is 2. The molecule has 0 bridgehead atoms. The van der Waals surface area contributed by atoms with Crippen LogP contribution in [0.1, 0.15) is 43.8 Å². The van der Waals surface area contributed by atoms with Crippen molar-refractivity contribution < 1.29 is 23.4 Å². The summed E-state index contributed by atoms with van der Waals surface area (Å²) in [6.07, 6.45) is 2.97. The Balaban J connectivity index is 1.65. The molecule has 0 spiro atoms. The number of thiazole rings is 1. The summed E-state index contributed by atoms with van der Waals surface area (Å²) in [7, 11) is 3.08. The smallest absolute Gasteiger partial charge is 0.338 e. The number of furan rings is 1. The number of carbonyl (C=O) groups is 1. The summed E-state index contributed by atoms with van der Waals surface area (Å²) in [5, 5.41) is 1.09. The molecular formula is C29H27BrN4O6S2. The van der Waals surface area contributed by atoms with E-state index in [0.29, 0.717) is 52.6 Å². The monoisotopic (exact) mass is 670 g/mol. The van der Waals surface area contributed by atoms with Gasteiger partial charge in [-0.25, -0.2) is 19.8 Å². The van der Waals surface area contributed by atoms with Crippen LogP contribution < -0.4 is 24.4 Å². The van der Waals surface area contributed by atoms with Crippen molar-refractivity contribution in [1.82, 2.24) is 14.5 Å². The summed E-state index contributed by atoms with van der Waals surface area (Å²) in [5.74, 6) is 0.912. The van der Waals surface area contributed by atoms with Gasteiger partial charge in [0.25, 0.3) is 5.56 Å². The third-order valence-corrected chi connectivity index (χ3v) is 8.92. The van der Waals surface area contributed by atoms with E-state index in [0.717, 1.165) is 5.69 Å². The molecule has 42 heavy (non-hydrogen) atoms. The van der Waals surface area contributed by atoms with Crippen molar-refractivity contribution >= 4 is 51.1 Å². The Bertz CT molecular complexity index is 1890. The number of ether oxygens (including phenoxy) is 3. The van der Waals surface area contributed by atoms with Gasteiger partial charge in [-0.05, 0) is 85.7 Å². The molecular weight excluding hydrogens is 644 g/mol. The van der Waals surface area contributed by atoms with E-state index >= 15 is 0 Å². The van der Waals surface area contributed by atoms with Gasteiger partial charge in [0.15, 0.2) is 15.1 Å². The molecule has 1 atom stereocenters. The molecule has 1 aliphatic heterocycles. The summed E-state index contributed by atoms with van der Waals surface area (Å²) in [6.45, 7) is 7.15. The van der Waals surface area contributed by atoms with Crippen LogP contribution in [0.4, 0.5) is 0 Å². The number of halogens is 1. The summed E-state index contributed by atoms with van der Waals surface area (Å²) < 4.78 is 25.3. The molecule has 0 fully saturated rings. The van der Waals surface area contributed by atoms with Crippen LogP contribution in [0.15, 0.2) is 76.7 Å². The quantitative estimate of drug-likeness (QED) is 0.192. The van der Waals surface area contributed by atoms with Gasteiger partial charge in [0.05, 0.1) is 40.6 Å². The summed E-state index contributed by atoms with van der Waals surface area (Å²) in [5.41, 5.74) is 1.74. The lowest BCUT2D eigenvalue weighted by atomic mass is 9.94. The second kappa shape index (κ2) is 12.3. The van der Waals surface area contributed by atoms with Crippen molar-refractivity contribution in [3.8, 4) is 11.5 Å². The Morgan fingerprint density at radius 2 is 1.98 bits per heavy atom. The van der Waals surface area contributed by atoms with Crippen molar-refractivity contribution in [3.05, 3.63) is 89.0 Å². The van der Waals surface area contributed by atoms with Crippen LogP contribution in [0.3, 0.4) is 0 Å². The highest BCUT2D eigenvalue weighted by molar-refractivity contribution is 9.10. The maximum absolute atomic E-state index is 14.0. The number of benzene rings is 1. The predicted molar refractivity (Wildman–Crippen MR) is 162 cm³/mol. The number of esters is 1. The van der Waals surface area contributed by atoms with Gasteiger partial charge >= 0.3 is 5.97 Å². The van der Waals surface area contributed by atoms with Crippen molar-refractivity contribution in [2.75, 3.05) is 14.2 Å². The van der Waals surface area contributed by atoms with Crippen molar-refractivity contribution in [1.29, 1.82) is 0 Å². The molecule has 0 aliphatic carbocycles. The molecule has 3 aromatic heterocycles. The van der Waals surface area contributed by atoms with E-state index in [1.807, 2.05) is 13.0 Å². The van der Waals surface area contributed by atoms with Crippen LogP contribution in [0.5, 0.6) is 11.5 Å². The summed E-state index contributed by atoms with van der Waals surface area (Å²) in [6, 6.07) is 7.96. The number of hydrogen-bond acceptors (Lipinski definition) is 11. The van der Waals surface area contributed by atoms with Crippen LogP contribution in [-0.4, -0.2) is 40.8 Å². The number of aromatic nitrogens is 3. The molecule has 10 nitrogen and oxygen atoms in total. The molecule has 218 valence electrons. The first-order chi connectivity index (χ1) is 20.1. The molecule has 0 saturated carbocycles. The molecule has 5 rings (SSSR count). The topological polar surface area (TPSA) is 118 Å². The Kier molecular flexibility index (Phi) is 8.71. The molecule has 0 amide bonds. The number of fused-ring (bicyclic) bond motifs is 1. The van der Waals surface area contributed by atoms with Crippen molar-refractivity contribution in [2.24, 2.45) is 4.99 Å². The van der Waals surface area contributed by atoms with Crippen LogP contribution in [0, 0.1) is 6.92 Å². The van der Waals surface area contributed by atoms with E-state index in [4.69, 9.17) is 18.6 Å². The minimum Gasteiger partial charge on any atom is -0.497 e. The van der Waals surface area contributed by atoms with E-state index in [2.05, 4.69) is 30.9 Å². The Morgan fingerprint density at radius 3 is 2.67 bits per heavy atom. The van der Waals surface area contributed by atoms with E-state index < -0.39 is 12.0 Å². The summed E-state index contributed by atoms with van der Waals surface area (Å²) >= 11 is 5.99. The number of hydrogen-bond donors (Lipinski definition) is 0. The zero-order valence-electron chi connectivity index (χ0n) is 23.6. The average molecular weight is 672 g/mol. The first-order valence-corrected chi connectivity index (χ1v) is 15.2. The predicted octanol–water partition coefficient (Wildman–Crippen LogP) is 4.81. The second-order valence-corrected chi connectivity index (χ2v) is 12.3. The van der Waals surface area contributed by atoms with Crippen LogP contribution >= 0.6 is 39.0 Å². The molecule has 0 saturated heterocycles. The molecule has 0 N–H and O–H groups in total. The van der Waals surface area contributed by atoms with Gasteiger partial charge < -0.3 is 18.6 Å². The van der Waals surface area contributed by atoms with Gasteiger partial charge in [-0.1, -0.05) is 11.3 Å². The average Bonchev–Trinajstić information content (AvgIpc) is 3.44. The molecule has 1 aliphatic rings. The molecule has 0 radical (unpaired) electrons. The zero-order chi connectivity index (χ0) is 30.1. The lowest BCUT2D eigenvalue weighted by molar-refractivity contribution is -0.143. The highest BCUT2D eigenvalue weighted by atomic mass is 79.9. The first kappa shape index (κ1) is 29.8. The minimum absolute atomic E-state index is 0.242. The molecule has 4 heterocycles. The molecule has 1 aromatic carbocycles. The fraction of sp³-hybridized carbons (Fsp3) is 0.276. The summed E-state index contributed by atoms with van der Waals surface area (Å²) in [4.78, 5) is 41.2. The Hall–Kier alpha value is -3.68. The molecule has 13 heteroatoms. The van der Waals surface area contributed by atoms with Gasteiger partial charge in [-0.15, -0.1) is 0 Å². The highest BCUT2D eigenvalue weighted by Gasteiger charge is 2.36. The van der Waals surface area contributed by atoms with E-state index in [1.54, 1.807) is 64.4 Å². The Morgan fingerprint density at radius 1 is 1.19 bits per heavy atom. The van der Waals surface area contributed by atoms with Gasteiger partial charge in [-0.3, -0.25) is 9.36 Å². The maximum Gasteiger partial charge on any atom is 0.338 e. The standard InChI is InChI=1S/C29H27BrN4O6S2/c1-14(2)39-26(36)23-16(4)33-29-34(24(23)19-11-17(37-5)7-8-21(19)38-6)25(35)22(41-29)13-18-12-20(30)27(40-18)42-28-31-10-9-15(3)32-28/h7-14,24H,1-6H3/b22-13-/t24-/m0/s1. The second-order valence-electron chi connectivity index (χ2n) is 9.51. The lowest BCUT2D eigenvalue weighted by Gasteiger charge is -2.26.